The molecule has 3 atom stereocenters. The maximum absolute atomic E-state index is 12.1. The lowest BCUT2D eigenvalue weighted by Gasteiger charge is -2.31. The number of benzene rings is 1. The Bertz CT molecular complexity index is 551. The molecule has 1 aromatic rings. The van der Waals surface area contributed by atoms with Gasteiger partial charge in [0.05, 0.1) is 12.6 Å². The van der Waals surface area contributed by atoms with Crippen molar-refractivity contribution in [2.45, 2.75) is 57.6 Å². The summed E-state index contributed by atoms with van der Waals surface area (Å²) < 4.78 is 11.2. The van der Waals surface area contributed by atoms with Crippen molar-refractivity contribution in [2.24, 2.45) is 0 Å². The number of ether oxygens (including phenoxy) is 2. The van der Waals surface area contributed by atoms with Gasteiger partial charge in [0.15, 0.2) is 0 Å². The van der Waals surface area contributed by atoms with Crippen LogP contribution in [0.1, 0.15) is 32.8 Å². The molecule has 0 spiro atoms. The van der Waals surface area contributed by atoms with Gasteiger partial charge in [0.1, 0.15) is 17.8 Å². The van der Waals surface area contributed by atoms with Crippen LogP contribution >= 0.6 is 0 Å². The fraction of sp³-hybridized carbons (Fsp3) is 0.450. The second-order valence-electron chi connectivity index (χ2n) is 6.76. The van der Waals surface area contributed by atoms with Crippen molar-refractivity contribution < 1.29 is 19.4 Å². The lowest BCUT2D eigenvalue weighted by atomic mass is 10.0. The van der Waals surface area contributed by atoms with Gasteiger partial charge in [-0.25, -0.2) is 4.79 Å². The molecule has 138 valence electrons. The minimum Gasteiger partial charge on any atom is -0.444 e. The predicted octanol–water partition coefficient (Wildman–Crippen LogP) is 3.59. The first-order valence-electron chi connectivity index (χ1n) is 8.33. The molecule has 0 aliphatic heterocycles. The number of aliphatic hydroxyl groups is 1. The summed E-state index contributed by atoms with van der Waals surface area (Å²) in [6.45, 7) is 13.0. The van der Waals surface area contributed by atoms with Gasteiger partial charge in [-0.1, -0.05) is 42.5 Å². The monoisotopic (exact) mass is 347 g/mol. The van der Waals surface area contributed by atoms with Gasteiger partial charge in [0.25, 0.3) is 0 Å². The molecule has 0 aliphatic carbocycles. The first-order valence-corrected chi connectivity index (χ1v) is 8.33. The van der Waals surface area contributed by atoms with E-state index in [0.29, 0.717) is 13.0 Å². The number of nitrogens with one attached hydrogen (secondary N) is 1. The van der Waals surface area contributed by atoms with Crippen LogP contribution in [0.5, 0.6) is 0 Å². The molecule has 25 heavy (non-hydrogen) atoms. The number of hydrogen-bond acceptors (Lipinski definition) is 4. The lowest BCUT2D eigenvalue weighted by Crippen LogP contribution is -2.50. The van der Waals surface area contributed by atoms with Crippen LogP contribution in [0.4, 0.5) is 4.79 Å². The van der Waals surface area contributed by atoms with E-state index in [2.05, 4.69) is 18.5 Å². The Hall–Kier alpha value is -2.11. The topological polar surface area (TPSA) is 67.8 Å². The summed E-state index contributed by atoms with van der Waals surface area (Å²) in [5, 5.41) is 13.0. The zero-order valence-electron chi connectivity index (χ0n) is 15.3. The average Bonchev–Trinajstić information content (AvgIpc) is 2.54. The van der Waals surface area contributed by atoms with E-state index in [-0.39, 0.29) is 0 Å². The first kappa shape index (κ1) is 20.9. The molecular weight excluding hydrogens is 318 g/mol. The second-order valence-corrected chi connectivity index (χ2v) is 6.76. The van der Waals surface area contributed by atoms with E-state index in [4.69, 9.17) is 9.47 Å². The minimum absolute atomic E-state index is 0.306. The summed E-state index contributed by atoms with van der Waals surface area (Å²) in [5.41, 5.74) is 0.360. The molecule has 0 unspecified atom stereocenters. The van der Waals surface area contributed by atoms with Crippen LogP contribution < -0.4 is 5.32 Å². The van der Waals surface area contributed by atoms with Crippen LogP contribution in [0.2, 0.25) is 0 Å². The largest absolute Gasteiger partial charge is 0.444 e. The fourth-order valence-corrected chi connectivity index (χ4v) is 2.27. The van der Waals surface area contributed by atoms with Crippen molar-refractivity contribution in [3.8, 4) is 0 Å². The van der Waals surface area contributed by atoms with E-state index in [0.717, 1.165) is 5.56 Å². The molecule has 0 aromatic heterocycles. The van der Waals surface area contributed by atoms with Crippen molar-refractivity contribution >= 4 is 6.09 Å². The van der Waals surface area contributed by atoms with Crippen LogP contribution in [0.15, 0.2) is 55.6 Å². The maximum atomic E-state index is 12.1. The Kier molecular flexibility index (Phi) is 8.38. The number of hydrogen-bond donors (Lipinski definition) is 2. The van der Waals surface area contributed by atoms with Crippen molar-refractivity contribution in [3.63, 3.8) is 0 Å². The van der Waals surface area contributed by atoms with Crippen LogP contribution in [0.25, 0.3) is 0 Å². The van der Waals surface area contributed by atoms with Crippen molar-refractivity contribution in [3.05, 3.63) is 61.2 Å². The summed E-state index contributed by atoms with van der Waals surface area (Å²) in [6, 6.07) is 9.12. The van der Waals surface area contributed by atoms with Crippen LogP contribution in [0, 0.1) is 0 Å². The average molecular weight is 347 g/mol. The molecule has 1 aromatic carbocycles. The molecule has 0 bridgehead atoms. The predicted molar refractivity (Wildman–Crippen MR) is 99.2 cm³/mol. The normalized spacial score (nSPS) is 14.9. The standard InChI is InChI=1S/C20H29NO4/c1-6-11-16(21-19(23)25-20(3,4)5)18(17(22)7-2)24-14-15-12-9-8-10-13-15/h6-10,12-13,16-18,22H,1-2,11,14H2,3-5H3,(H,21,23)/t16-,17+,18+/m1/s1. The van der Waals surface area contributed by atoms with Crippen LogP contribution in [-0.4, -0.2) is 35.1 Å². The summed E-state index contributed by atoms with van der Waals surface area (Å²) in [4.78, 5) is 12.1. The van der Waals surface area contributed by atoms with Gasteiger partial charge in [-0.05, 0) is 32.8 Å². The Morgan fingerprint density at radius 1 is 1.28 bits per heavy atom. The van der Waals surface area contributed by atoms with E-state index in [1.165, 1.54) is 6.08 Å². The van der Waals surface area contributed by atoms with Gasteiger partial charge < -0.3 is 19.9 Å². The molecule has 0 heterocycles. The highest BCUT2D eigenvalue weighted by Crippen LogP contribution is 2.15. The van der Waals surface area contributed by atoms with Crippen molar-refractivity contribution in [2.75, 3.05) is 0 Å². The molecule has 2 N–H and O–H groups in total. The number of aliphatic hydroxyl groups excluding tert-OH is 1. The number of rotatable bonds is 9. The van der Waals surface area contributed by atoms with Crippen molar-refractivity contribution in [1.82, 2.24) is 5.32 Å². The Morgan fingerprint density at radius 2 is 1.92 bits per heavy atom. The zero-order valence-corrected chi connectivity index (χ0v) is 15.3. The van der Waals surface area contributed by atoms with Crippen molar-refractivity contribution in [1.29, 1.82) is 0 Å². The van der Waals surface area contributed by atoms with Gasteiger partial charge in [-0.3, -0.25) is 0 Å². The molecule has 1 rings (SSSR count). The van der Waals surface area contributed by atoms with E-state index in [9.17, 15) is 9.90 Å². The molecule has 0 aliphatic rings. The van der Waals surface area contributed by atoms with Gasteiger partial charge >= 0.3 is 6.09 Å². The summed E-state index contributed by atoms with van der Waals surface area (Å²) in [5.74, 6) is 0. The zero-order chi connectivity index (χ0) is 18.9. The van der Waals surface area contributed by atoms with E-state index >= 15 is 0 Å². The number of carbonyl (C=O) groups excluding carboxylic acids is 1. The molecule has 0 saturated carbocycles. The number of alkyl carbamates (subject to hydrolysis) is 1. The Balaban J connectivity index is 2.84. The lowest BCUT2D eigenvalue weighted by molar-refractivity contribution is -0.0479. The third kappa shape index (κ3) is 8.01. The fourth-order valence-electron chi connectivity index (χ4n) is 2.27. The second kappa shape index (κ2) is 10.0. The summed E-state index contributed by atoms with van der Waals surface area (Å²) >= 11 is 0. The highest BCUT2D eigenvalue weighted by molar-refractivity contribution is 5.68. The van der Waals surface area contributed by atoms with Gasteiger partial charge in [0.2, 0.25) is 0 Å². The minimum atomic E-state index is -0.941. The Morgan fingerprint density at radius 3 is 2.44 bits per heavy atom. The van der Waals surface area contributed by atoms with E-state index < -0.39 is 29.9 Å². The summed E-state index contributed by atoms with van der Waals surface area (Å²) in [6.07, 6.45) is 1.29. The van der Waals surface area contributed by atoms with Crippen LogP contribution in [0.3, 0.4) is 0 Å². The number of carbonyl (C=O) groups is 1. The smallest absolute Gasteiger partial charge is 0.407 e. The third-order valence-corrected chi connectivity index (χ3v) is 3.38. The third-order valence-electron chi connectivity index (χ3n) is 3.38. The molecule has 5 nitrogen and oxygen atoms in total. The SMILES string of the molecule is C=CC[C@@H](NC(=O)OC(C)(C)C)[C@H](OCc1ccccc1)[C@@H](O)C=C. The van der Waals surface area contributed by atoms with E-state index in [1.807, 2.05) is 30.3 Å². The summed E-state index contributed by atoms with van der Waals surface area (Å²) in [7, 11) is 0. The number of amides is 1. The molecule has 0 fully saturated rings. The molecule has 0 radical (unpaired) electrons. The van der Waals surface area contributed by atoms with Gasteiger partial charge in [-0.2, -0.15) is 0 Å². The molecule has 1 amide bonds. The Labute approximate surface area is 150 Å². The highest BCUT2D eigenvalue weighted by atomic mass is 16.6. The maximum Gasteiger partial charge on any atom is 0.407 e. The molecule has 0 saturated heterocycles. The molecular formula is C20H29NO4. The van der Waals surface area contributed by atoms with Gasteiger partial charge in [-0.15, -0.1) is 13.2 Å². The molecule has 5 heteroatoms. The van der Waals surface area contributed by atoms with E-state index in [1.54, 1.807) is 26.8 Å². The quantitative estimate of drug-likeness (QED) is 0.670. The first-order chi connectivity index (χ1) is 11.8. The highest BCUT2D eigenvalue weighted by Gasteiger charge is 2.30. The van der Waals surface area contributed by atoms with Crippen LogP contribution in [-0.2, 0) is 16.1 Å². The van der Waals surface area contributed by atoms with Gasteiger partial charge in [0, 0.05) is 0 Å².